The van der Waals surface area contributed by atoms with Crippen LogP contribution in [0.1, 0.15) is 6.92 Å². The van der Waals surface area contributed by atoms with Crippen molar-refractivity contribution in [2.75, 3.05) is 29.0 Å². The summed E-state index contributed by atoms with van der Waals surface area (Å²) in [5.74, 6) is 0.643. The van der Waals surface area contributed by atoms with Crippen LogP contribution in [0.5, 0.6) is 11.5 Å². The van der Waals surface area contributed by atoms with E-state index in [4.69, 9.17) is 9.47 Å². The Morgan fingerprint density at radius 1 is 1.23 bits per heavy atom. The van der Waals surface area contributed by atoms with Gasteiger partial charge in [0.1, 0.15) is 11.5 Å². The summed E-state index contributed by atoms with van der Waals surface area (Å²) in [6.07, 6.45) is 0.155. The van der Waals surface area contributed by atoms with Crippen molar-refractivity contribution in [3.05, 3.63) is 48.5 Å². The monoisotopic (exact) mass is 376 g/mol. The van der Waals surface area contributed by atoms with E-state index in [9.17, 15) is 13.2 Å². The molecule has 138 valence electrons. The van der Waals surface area contributed by atoms with E-state index in [0.29, 0.717) is 29.5 Å². The Morgan fingerprint density at radius 2 is 1.92 bits per heavy atom. The molecule has 1 aliphatic rings. The Hall–Kier alpha value is -2.74. The first-order chi connectivity index (χ1) is 12.4. The van der Waals surface area contributed by atoms with Gasteiger partial charge in [-0.1, -0.05) is 12.1 Å². The third-order valence-corrected chi connectivity index (χ3v) is 5.01. The number of benzene rings is 2. The van der Waals surface area contributed by atoms with Crippen LogP contribution in [0.4, 0.5) is 11.4 Å². The number of sulfonamides is 1. The van der Waals surface area contributed by atoms with Gasteiger partial charge in [0.15, 0.2) is 6.10 Å². The number of ether oxygens (including phenoxy) is 2. The number of nitrogens with zero attached hydrogens (tertiary/aromatic N) is 1. The van der Waals surface area contributed by atoms with Crippen molar-refractivity contribution < 1.29 is 22.7 Å². The summed E-state index contributed by atoms with van der Waals surface area (Å²) in [6.45, 7) is 2.36. The van der Waals surface area contributed by atoms with Crippen LogP contribution < -0.4 is 19.1 Å². The number of nitrogens with one attached hydrogen (secondary N) is 1. The molecule has 0 saturated carbocycles. The number of amides is 1. The molecule has 8 heteroatoms. The van der Waals surface area contributed by atoms with Gasteiger partial charge in [-0.2, -0.15) is 0 Å². The molecular formula is C18H20N2O5S. The van der Waals surface area contributed by atoms with Crippen molar-refractivity contribution in [1.82, 2.24) is 0 Å². The summed E-state index contributed by atoms with van der Waals surface area (Å²) in [4.78, 5) is 12.6. The number of carbonyl (C=O) groups excluding carboxylic acids is 1. The van der Waals surface area contributed by atoms with Crippen LogP contribution in [0, 0.1) is 0 Å². The maximum absolute atomic E-state index is 12.6. The average molecular weight is 376 g/mol. The molecule has 0 unspecified atom stereocenters. The number of hydrogen-bond acceptors (Lipinski definition) is 5. The van der Waals surface area contributed by atoms with Crippen LogP contribution >= 0.6 is 0 Å². The summed E-state index contributed by atoms with van der Waals surface area (Å²) in [5, 5.41) is 2.74. The zero-order valence-electron chi connectivity index (χ0n) is 14.5. The first kappa shape index (κ1) is 18.1. The van der Waals surface area contributed by atoms with Gasteiger partial charge >= 0.3 is 0 Å². The molecule has 0 fully saturated rings. The smallest absolute Gasteiger partial charge is 0.267 e. The molecule has 1 N–H and O–H groups in total. The maximum atomic E-state index is 12.6. The number of rotatable bonds is 5. The van der Waals surface area contributed by atoms with Crippen molar-refractivity contribution in [3.8, 4) is 11.5 Å². The minimum absolute atomic E-state index is 0.0846. The molecule has 1 aliphatic heterocycles. The highest BCUT2D eigenvalue weighted by atomic mass is 32.2. The highest BCUT2D eigenvalue weighted by Crippen LogP contribution is 2.34. The van der Waals surface area contributed by atoms with Crippen LogP contribution in [-0.4, -0.2) is 39.8 Å². The Kier molecular flexibility index (Phi) is 5.03. The van der Waals surface area contributed by atoms with E-state index in [-0.39, 0.29) is 6.54 Å². The first-order valence-electron chi connectivity index (χ1n) is 8.15. The fourth-order valence-electron chi connectivity index (χ4n) is 2.68. The van der Waals surface area contributed by atoms with E-state index in [1.165, 1.54) is 4.31 Å². The average Bonchev–Trinajstić information content (AvgIpc) is 2.62. The van der Waals surface area contributed by atoms with Gasteiger partial charge in [-0.3, -0.25) is 9.10 Å². The van der Waals surface area contributed by atoms with Crippen molar-refractivity contribution in [2.45, 2.75) is 13.0 Å². The highest BCUT2D eigenvalue weighted by molar-refractivity contribution is 7.92. The van der Waals surface area contributed by atoms with E-state index in [1.807, 2.05) is 6.92 Å². The standard InChI is InChI=1S/C18H20N2O5S/c1-3-24-14-10-8-13(9-11-14)19-18(21)17-12-20(26(2,22)23)15-6-4-5-7-16(15)25-17/h4-11,17H,3,12H2,1-2H3,(H,19,21)/t17-/m1/s1. The lowest BCUT2D eigenvalue weighted by Gasteiger charge is -2.33. The molecule has 2 aromatic carbocycles. The van der Waals surface area contributed by atoms with Crippen LogP contribution in [0.2, 0.25) is 0 Å². The summed E-state index contributed by atoms with van der Waals surface area (Å²) >= 11 is 0. The van der Waals surface area contributed by atoms with Crippen LogP contribution in [0.25, 0.3) is 0 Å². The predicted molar refractivity (Wildman–Crippen MR) is 99.3 cm³/mol. The lowest BCUT2D eigenvalue weighted by Crippen LogP contribution is -2.48. The third-order valence-electron chi connectivity index (χ3n) is 3.86. The van der Waals surface area contributed by atoms with Gasteiger partial charge < -0.3 is 14.8 Å². The summed E-state index contributed by atoms with van der Waals surface area (Å²) in [5.41, 5.74) is 1.01. The molecule has 7 nitrogen and oxygen atoms in total. The largest absolute Gasteiger partial charge is 0.494 e. The van der Waals surface area contributed by atoms with Crippen molar-refractivity contribution in [2.24, 2.45) is 0 Å². The number of anilines is 2. The van der Waals surface area contributed by atoms with Crippen molar-refractivity contribution >= 4 is 27.3 Å². The predicted octanol–water partition coefficient (Wildman–Crippen LogP) is 2.25. The van der Waals surface area contributed by atoms with Crippen LogP contribution in [0.15, 0.2) is 48.5 Å². The maximum Gasteiger partial charge on any atom is 0.267 e. The molecular weight excluding hydrogens is 356 g/mol. The van der Waals surface area contributed by atoms with E-state index < -0.39 is 22.0 Å². The fourth-order valence-corrected chi connectivity index (χ4v) is 3.59. The number of para-hydroxylation sites is 2. The van der Waals surface area contributed by atoms with Crippen molar-refractivity contribution in [1.29, 1.82) is 0 Å². The molecule has 3 rings (SSSR count). The Labute approximate surface area is 152 Å². The minimum Gasteiger partial charge on any atom is -0.494 e. The zero-order valence-corrected chi connectivity index (χ0v) is 15.3. The van der Waals surface area contributed by atoms with Gasteiger partial charge in [-0.05, 0) is 43.3 Å². The third kappa shape index (κ3) is 3.91. The molecule has 1 heterocycles. The first-order valence-corrected chi connectivity index (χ1v) is 10.0. The summed E-state index contributed by atoms with van der Waals surface area (Å²) in [6, 6.07) is 13.7. The van der Waals surface area contributed by atoms with Gasteiger partial charge in [0.25, 0.3) is 5.91 Å². The fraction of sp³-hybridized carbons (Fsp3) is 0.278. The van der Waals surface area contributed by atoms with Gasteiger partial charge in [-0.25, -0.2) is 8.42 Å². The van der Waals surface area contributed by atoms with E-state index in [1.54, 1.807) is 48.5 Å². The highest BCUT2D eigenvalue weighted by Gasteiger charge is 2.34. The van der Waals surface area contributed by atoms with Gasteiger partial charge in [0.05, 0.1) is 25.1 Å². The van der Waals surface area contributed by atoms with Gasteiger partial charge in [-0.15, -0.1) is 0 Å². The van der Waals surface area contributed by atoms with E-state index in [0.717, 1.165) is 6.26 Å². The number of carbonyl (C=O) groups is 1. The van der Waals surface area contributed by atoms with E-state index >= 15 is 0 Å². The van der Waals surface area contributed by atoms with Gasteiger partial charge in [0.2, 0.25) is 10.0 Å². The number of fused-ring (bicyclic) bond motifs is 1. The topological polar surface area (TPSA) is 84.9 Å². The lowest BCUT2D eigenvalue weighted by atomic mass is 10.2. The molecule has 0 spiro atoms. The molecule has 26 heavy (non-hydrogen) atoms. The second-order valence-electron chi connectivity index (χ2n) is 5.81. The molecule has 2 aromatic rings. The minimum atomic E-state index is -3.53. The molecule has 0 saturated heterocycles. The molecule has 0 radical (unpaired) electrons. The van der Waals surface area contributed by atoms with Crippen molar-refractivity contribution in [3.63, 3.8) is 0 Å². The Bertz CT molecular complexity index is 896. The molecule has 1 amide bonds. The molecule has 0 aliphatic carbocycles. The van der Waals surface area contributed by atoms with Crippen LogP contribution in [0.3, 0.4) is 0 Å². The Morgan fingerprint density at radius 3 is 2.58 bits per heavy atom. The quantitative estimate of drug-likeness (QED) is 0.865. The molecule has 0 bridgehead atoms. The van der Waals surface area contributed by atoms with Gasteiger partial charge in [0, 0.05) is 5.69 Å². The Balaban J connectivity index is 1.78. The number of hydrogen-bond donors (Lipinski definition) is 1. The normalized spacial score (nSPS) is 16.4. The summed E-state index contributed by atoms with van der Waals surface area (Å²) in [7, 11) is -3.53. The SMILES string of the molecule is CCOc1ccc(NC(=O)[C@H]2CN(S(C)(=O)=O)c3ccccc3O2)cc1. The zero-order chi connectivity index (χ0) is 18.7. The molecule has 1 atom stereocenters. The van der Waals surface area contributed by atoms with Crippen LogP contribution in [-0.2, 0) is 14.8 Å². The molecule has 0 aromatic heterocycles. The lowest BCUT2D eigenvalue weighted by molar-refractivity contribution is -0.122. The summed E-state index contributed by atoms with van der Waals surface area (Å²) < 4.78 is 36.5. The van der Waals surface area contributed by atoms with E-state index in [2.05, 4.69) is 5.32 Å². The second-order valence-corrected chi connectivity index (χ2v) is 7.72. The second kappa shape index (κ2) is 7.25.